The van der Waals surface area contributed by atoms with Crippen molar-refractivity contribution in [3.8, 4) is 11.1 Å². The van der Waals surface area contributed by atoms with Crippen molar-refractivity contribution >= 4 is 17.1 Å². The molecule has 1 aliphatic carbocycles. The number of aliphatic hydroxyl groups is 1. The second kappa shape index (κ2) is 7.95. The molecule has 6 nitrogen and oxygen atoms in total. The lowest BCUT2D eigenvalue weighted by Crippen LogP contribution is -2.45. The Morgan fingerprint density at radius 3 is 2.38 bits per heavy atom. The predicted molar refractivity (Wildman–Crippen MR) is 124 cm³/mol. The van der Waals surface area contributed by atoms with Gasteiger partial charge in [-0.25, -0.2) is 9.18 Å². The Labute approximate surface area is 195 Å². The highest BCUT2D eigenvalue weighted by atomic mass is 19.1. The van der Waals surface area contributed by atoms with Gasteiger partial charge >= 0.3 is 6.09 Å². The van der Waals surface area contributed by atoms with E-state index in [1.807, 2.05) is 24.3 Å². The van der Waals surface area contributed by atoms with Gasteiger partial charge in [0, 0.05) is 30.5 Å². The molecule has 6 rings (SSSR count). The molecule has 3 aromatic carbocycles. The Morgan fingerprint density at radius 2 is 1.71 bits per heavy atom. The van der Waals surface area contributed by atoms with Gasteiger partial charge in [0.05, 0.1) is 0 Å². The average molecular weight is 458 g/mol. The van der Waals surface area contributed by atoms with Gasteiger partial charge in [-0.15, -0.1) is 0 Å². The molecule has 1 aliphatic heterocycles. The van der Waals surface area contributed by atoms with Crippen LogP contribution in [0.15, 0.2) is 71.3 Å². The Bertz CT molecular complexity index is 1340. The van der Waals surface area contributed by atoms with Crippen LogP contribution in [0.25, 0.3) is 22.1 Å². The number of ether oxygens (including phenoxy) is 1. The van der Waals surface area contributed by atoms with E-state index in [0.717, 1.165) is 0 Å². The largest absolute Gasteiger partial charge is 0.448 e. The van der Waals surface area contributed by atoms with Crippen LogP contribution in [0.1, 0.15) is 35.6 Å². The highest BCUT2D eigenvalue weighted by Crippen LogP contribution is 2.44. The minimum Gasteiger partial charge on any atom is -0.448 e. The Morgan fingerprint density at radius 1 is 1.06 bits per heavy atom. The highest BCUT2D eigenvalue weighted by Gasteiger charge is 2.40. The van der Waals surface area contributed by atoms with E-state index in [1.165, 1.54) is 34.4 Å². The Hall–Kier alpha value is -3.71. The molecule has 0 bridgehead atoms. The first-order valence-electron chi connectivity index (χ1n) is 11.4. The molecule has 1 N–H and O–H groups in total. The van der Waals surface area contributed by atoms with E-state index in [9.17, 15) is 14.3 Å². The maximum absolute atomic E-state index is 13.5. The average Bonchev–Trinajstić information content (AvgIpc) is 3.42. The van der Waals surface area contributed by atoms with E-state index in [2.05, 4.69) is 29.4 Å². The van der Waals surface area contributed by atoms with E-state index >= 15 is 0 Å². The fraction of sp³-hybridized carbons (Fsp3) is 0.259. The molecule has 2 aliphatic rings. The van der Waals surface area contributed by atoms with Gasteiger partial charge in [-0.1, -0.05) is 53.7 Å². The van der Waals surface area contributed by atoms with Gasteiger partial charge in [0.15, 0.2) is 5.58 Å². The number of carbonyl (C=O) groups is 1. The minimum atomic E-state index is -1.25. The summed E-state index contributed by atoms with van der Waals surface area (Å²) in [5.74, 6) is -0.424. The summed E-state index contributed by atoms with van der Waals surface area (Å²) in [7, 11) is 0. The van der Waals surface area contributed by atoms with Gasteiger partial charge in [-0.05, 0) is 47.2 Å². The van der Waals surface area contributed by atoms with Crippen molar-refractivity contribution in [2.24, 2.45) is 0 Å². The molecule has 1 aromatic heterocycles. The fourth-order valence-corrected chi connectivity index (χ4v) is 5.23. The van der Waals surface area contributed by atoms with E-state index in [1.54, 1.807) is 11.0 Å². The lowest BCUT2D eigenvalue weighted by atomic mass is 9.86. The van der Waals surface area contributed by atoms with Crippen LogP contribution in [0.4, 0.5) is 9.18 Å². The molecule has 7 heteroatoms. The number of hydrogen-bond donors (Lipinski definition) is 1. The monoisotopic (exact) mass is 458 g/mol. The van der Waals surface area contributed by atoms with E-state index < -0.39 is 17.5 Å². The molecule has 0 radical (unpaired) electrons. The summed E-state index contributed by atoms with van der Waals surface area (Å²) >= 11 is 0. The maximum Gasteiger partial charge on any atom is 0.409 e. The summed E-state index contributed by atoms with van der Waals surface area (Å²) in [5, 5.41) is 15.8. The molecule has 0 spiro atoms. The number of piperidine rings is 1. The van der Waals surface area contributed by atoms with Gasteiger partial charge in [0.1, 0.15) is 23.7 Å². The zero-order valence-electron chi connectivity index (χ0n) is 18.4. The lowest BCUT2D eigenvalue weighted by molar-refractivity contribution is -0.0290. The normalized spacial score (nSPS) is 16.9. The smallest absolute Gasteiger partial charge is 0.409 e. The van der Waals surface area contributed by atoms with Crippen molar-refractivity contribution in [1.82, 2.24) is 10.1 Å². The first-order chi connectivity index (χ1) is 16.5. The summed E-state index contributed by atoms with van der Waals surface area (Å²) in [5.41, 5.74) is 4.13. The van der Waals surface area contributed by atoms with E-state index in [0.29, 0.717) is 29.8 Å². The molecule has 34 heavy (non-hydrogen) atoms. The van der Waals surface area contributed by atoms with Gasteiger partial charge in [-0.2, -0.15) is 0 Å². The Kier molecular flexibility index (Phi) is 4.88. The van der Waals surface area contributed by atoms with Crippen molar-refractivity contribution in [3.63, 3.8) is 0 Å². The first kappa shape index (κ1) is 20.9. The molecule has 172 valence electrons. The summed E-state index contributed by atoms with van der Waals surface area (Å²) in [6, 6.07) is 20.6. The zero-order chi connectivity index (χ0) is 23.3. The number of rotatable bonds is 3. The van der Waals surface area contributed by atoms with Gasteiger partial charge in [0.2, 0.25) is 0 Å². The van der Waals surface area contributed by atoms with Gasteiger partial charge in [-0.3, -0.25) is 0 Å². The second-order valence-electron chi connectivity index (χ2n) is 8.99. The van der Waals surface area contributed by atoms with Crippen LogP contribution in [0, 0.1) is 5.82 Å². The SMILES string of the molecule is O=C(OCC1c2ccccc2-c2ccccc21)N1CCC(O)(c2noc3cc(F)ccc23)CC1. The number of amides is 1. The van der Waals surface area contributed by atoms with Crippen molar-refractivity contribution in [2.45, 2.75) is 24.4 Å². The quantitative estimate of drug-likeness (QED) is 0.457. The Balaban J connectivity index is 1.13. The molecular formula is C27H23FN2O4. The number of aromatic nitrogens is 1. The second-order valence-corrected chi connectivity index (χ2v) is 8.99. The molecule has 2 heterocycles. The number of nitrogens with zero attached hydrogens (tertiary/aromatic N) is 2. The van der Waals surface area contributed by atoms with Crippen molar-refractivity contribution in [2.75, 3.05) is 19.7 Å². The van der Waals surface area contributed by atoms with Crippen LogP contribution in [-0.4, -0.2) is 41.0 Å². The van der Waals surface area contributed by atoms with Gasteiger partial charge in [0.25, 0.3) is 0 Å². The number of hydrogen-bond acceptors (Lipinski definition) is 5. The maximum atomic E-state index is 13.5. The van der Waals surface area contributed by atoms with Crippen LogP contribution >= 0.6 is 0 Å². The van der Waals surface area contributed by atoms with Gasteiger partial charge < -0.3 is 19.3 Å². The summed E-state index contributed by atoms with van der Waals surface area (Å²) in [6.07, 6.45) is 0.183. The van der Waals surface area contributed by atoms with Crippen LogP contribution < -0.4 is 0 Å². The number of carbonyl (C=O) groups excluding carboxylic acids is 1. The molecular weight excluding hydrogens is 435 g/mol. The molecule has 4 aromatic rings. The van der Waals surface area contributed by atoms with E-state index in [-0.39, 0.29) is 25.4 Å². The summed E-state index contributed by atoms with van der Waals surface area (Å²) in [6.45, 7) is 0.901. The standard InChI is InChI=1S/C27H23FN2O4/c28-17-9-10-22-24(15-17)34-29-25(22)27(32)11-13-30(14-12-27)26(31)33-16-23-20-7-3-1-5-18(20)19-6-2-4-8-21(19)23/h1-10,15,23,32H,11-14,16H2. The van der Waals surface area contributed by atoms with Crippen molar-refractivity contribution < 1.29 is 23.6 Å². The van der Waals surface area contributed by atoms with Crippen LogP contribution in [0.2, 0.25) is 0 Å². The first-order valence-corrected chi connectivity index (χ1v) is 11.4. The molecule has 0 atom stereocenters. The molecule has 0 saturated carbocycles. The number of fused-ring (bicyclic) bond motifs is 4. The minimum absolute atomic E-state index is 0.0000340. The third-order valence-corrected chi connectivity index (χ3v) is 7.06. The third kappa shape index (κ3) is 3.35. The fourth-order valence-electron chi connectivity index (χ4n) is 5.23. The summed E-state index contributed by atoms with van der Waals surface area (Å²) < 4.78 is 24.4. The third-order valence-electron chi connectivity index (χ3n) is 7.06. The molecule has 1 saturated heterocycles. The number of halogens is 1. The lowest BCUT2D eigenvalue weighted by Gasteiger charge is -2.36. The number of likely N-dealkylation sites (tertiary alicyclic amines) is 1. The van der Waals surface area contributed by atoms with Crippen LogP contribution in [-0.2, 0) is 10.3 Å². The van der Waals surface area contributed by atoms with Crippen molar-refractivity contribution in [3.05, 3.63) is 89.4 Å². The molecule has 1 fully saturated rings. The van der Waals surface area contributed by atoms with E-state index in [4.69, 9.17) is 9.26 Å². The van der Waals surface area contributed by atoms with Crippen LogP contribution in [0.5, 0.6) is 0 Å². The molecule has 0 unspecified atom stereocenters. The zero-order valence-corrected chi connectivity index (χ0v) is 18.4. The number of benzene rings is 3. The molecule has 1 amide bonds. The van der Waals surface area contributed by atoms with Crippen LogP contribution in [0.3, 0.4) is 0 Å². The predicted octanol–water partition coefficient (Wildman–Crippen LogP) is 5.20. The highest BCUT2D eigenvalue weighted by molar-refractivity contribution is 5.81. The van der Waals surface area contributed by atoms with Crippen molar-refractivity contribution in [1.29, 1.82) is 0 Å². The topological polar surface area (TPSA) is 75.8 Å². The summed E-state index contributed by atoms with van der Waals surface area (Å²) in [4.78, 5) is 14.5.